The van der Waals surface area contributed by atoms with E-state index in [2.05, 4.69) is 35.7 Å². The Hall–Kier alpha value is -0.680. The highest BCUT2D eigenvalue weighted by atomic mass is 79.9. The molecule has 1 aliphatic heterocycles. The van der Waals surface area contributed by atoms with Crippen LogP contribution in [0.4, 0.5) is 5.82 Å². The second kappa shape index (κ2) is 5.78. The molecule has 0 aromatic carbocycles. The average Bonchev–Trinajstić information content (AvgIpc) is 2.34. The summed E-state index contributed by atoms with van der Waals surface area (Å²) in [6, 6.07) is 0. The summed E-state index contributed by atoms with van der Waals surface area (Å²) in [6.07, 6.45) is 1.89. The topological polar surface area (TPSA) is 32.3 Å². The molecule has 4 nitrogen and oxygen atoms in total. The maximum atomic E-state index is 4.60. The summed E-state index contributed by atoms with van der Waals surface area (Å²) in [4.78, 5) is 13.8. The van der Waals surface area contributed by atoms with Crippen molar-refractivity contribution in [1.82, 2.24) is 14.9 Å². The molecule has 1 aromatic rings. The molecule has 0 atom stereocenters. The summed E-state index contributed by atoms with van der Waals surface area (Å²) in [6.45, 7) is 9.47. The lowest BCUT2D eigenvalue weighted by Gasteiger charge is -2.35. The largest absolute Gasteiger partial charge is 0.353 e. The van der Waals surface area contributed by atoms with E-state index in [4.69, 9.17) is 0 Å². The minimum atomic E-state index is 1.02. The molecule has 1 saturated heterocycles. The van der Waals surface area contributed by atoms with Crippen LogP contribution in [0.15, 0.2) is 6.20 Å². The Morgan fingerprint density at radius 3 is 2.47 bits per heavy atom. The molecule has 0 saturated carbocycles. The highest BCUT2D eigenvalue weighted by molar-refractivity contribution is 9.09. The van der Waals surface area contributed by atoms with Crippen molar-refractivity contribution in [2.24, 2.45) is 0 Å². The number of hydrogen-bond acceptors (Lipinski definition) is 4. The zero-order valence-corrected chi connectivity index (χ0v) is 12.1. The van der Waals surface area contributed by atoms with E-state index >= 15 is 0 Å². The monoisotopic (exact) mass is 298 g/mol. The molecule has 0 radical (unpaired) electrons. The number of rotatable bonds is 3. The lowest BCUT2D eigenvalue weighted by atomic mass is 10.3. The number of aryl methyl sites for hydroxylation is 2. The van der Waals surface area contributed by atoms with Crippen LogP contribution in [-0.4, -0.2) is 52.9 Å². The Balaban J connectivity index is 1.98. The van der Waals surface area contributed by atoms with Gasteiger partial charge >= 0.3 is 0 Å². The second-order valence-corrected chi connectivity index (χ2v) is 5.21. The molecule has 1 fully saturated rings. The van der Waals surface area contributed by atoms with Gasteiger partial charge in [-0.25, -0.2) is 4.98 Å². The summed E-state index contributed by atoms with van der Waals surface area (Å²) in [7, 11) is 0. The highest BCUT2D eigenvalue weighted by Crippen LogP contribution is 2.14. The zero-order chi connectivity index (χ0) is 12.3. The van der Waals surface area contributed by atoms with Crippen LogP contribution in [0.1, 0.15) is 11.4 Å². The SMILES string of the molecule is Cc1ncc(N2CCN(CCBr)CC2)nc1C. The third kappa shape index (κ3) is 3.16. The molecular weight excluding hydrogens is 280 g/mol. The Morgan fingerprint density at radius 1 is 1.18 bits per heavy atom. The van der Waals surface area contributed by atoms with Crippen molar-refractivity contribution in [2.75, 3.05) is 43.0 Å². The number of nitrogens with zero attached hydrogens (tertiary/aromatic N) is 4. The van der Waals surface area contributed by atoms with Crippen molar-refractivity contribution in [3.05, 3.63) is 17.6 Å². The first-order valence-corrected chi connectivity index (χ1v) is 7.16. The maximum Gasteiger partial charge on any atom is 0.147 e. The van der Waals surface area contributed by atoms with Crippen LogP contribution in [0.2, 0.25) is 0 Å². The van der Waals surface area contributed by atoms with Gasteiger partial charge in [0.15, 0.2) is 0 Å². The Labute approximate surface area is 111 Å². The van der Waals surface area contributed by atoms with E-state index < -0.39 is 0 Å². The first-order chi connectivity index (χ1) is 8.20. The van der Waals surface area contributed by atoms with Crippen molar-refractivity contribution >= 4 is 21.7 Å². The lowest BCUT2D eigenvalue weighted by molar-refractivity contribution is 0.273. The van der Waals surface area contributed by atoms with Crippen molar-refractivity contribution in [3.63, 3.8) is 0 Å². The van der Waals surface area contributed by atoms with Gasteiger partial charge < -0.3 is 4.90 Å². The molecule has 0 N–H and O–H groups in total. The standard InChI is InChI=1S/C12H19BrN4/c1-10-11(2)15-12(9-14-10)17-7-5-16(4-3-13)6-8-17/h9H,3-8H2,1-2H3. The number of hydrogen-bond donors (Lipinski definition) is 0. The summed E-state index contributed by atoms with van der Waals surface area (Å²) in [5.74, 6) is 1.02. The minimum Gasteiger partial charge on any atom is -0.353 e. The molecule has 0 aliphatic carbocycles. The molecule has 94 valence electrons. The van der Waals surface area contributed by atoms with Crippen LogP contribution < -0.4 is 4.90 Å². The molecule has 1 aliphatic rings. The molecule has 17 heavy (non-hydrogen) atoms. The third-order valence-corrected chi connectivity index (χ3v) is 3.63. The van der Waals surface area contributed by atoms with Gasteiger partial charge in [0, 0.05) is 38.1 Å². The van der Waals surface area contributed by atoms with E-state index in [-0.39, 0.29) is 0 Å². The third-order valence-electron chi connectivity index (χ3n) is 3.28. The van der Waals surface area contributed by atoms with Gasteiger partial charge in [-0.05, 0) is 13.8 Å². The predicted molar refractivity (Wildman–Crippen MR) is 74.0 cm³/mol. The summed E-state index contributed by atoms with van der Waals surface area (Å²) in [5.41, 5.74) is 2.05. The van der Waals surface area contributed by atoms with E-state index in [0.717, 1.165) is 55.3 Å². The summed E-state index contributed by atoms with van der Waals surface area (Å²) < 4.78 is 0. The van der Waals surface area contributed by atoms with E-state index in [9.17, 15) is 0 Å². The average molecular weight is 299 g/mol. The fourth-order valence-electron chi connectivity index (χ4n) is 2.00. The Bertz CT molecular complexity index is 375. The molecule has 2 rings (SSSR count). The van der Waals surface area contributed by atoms with E-state index in [0.29, 0.717) is 0 Å². The number of aromatic nitrogens is 2. The fraction of sp³-hybridized carbons (Fsp3) is 0.667. The number of alkyl halides is 1. The van der Waals surface area contributed by atoms with Gasteiger partial charge in [0.25, 0.3) is 0 Å². The quantitative estimate of drug-likeness (QED) is 0.794. The smallest absolute Gasteiger partial charge is 0.147 e. The Morgan fingerprint density at radius 2 is 1.88 bits per heavy atom. The van der Waals surface area contributed by atoms with Crippen molar-refractivity contribution in [2.45, 2.75) is 13.8 Å². The van der Waals surface area contributed by atoms with Gasteiger partial charge in [0.2, 0.25) is 0 Å². The van der Waals surface area contributed by atoms with Crippen LogP contribution in [0.25, 0.3) is 0 Å². The molecule has 1 aromatic heterocycles. The number of halogens is 1. The maximum absolute atomic E-state index is 4.60. The molecular formula is C12H19BrN4. The van der Waals surface area contributed by atoms with Gasteiger partial charge in [0.1, 0.15) is 5.82 Å². The minimum absolute atomic E-state index is 1.02. The van der Waals surface area contributed by atoms with E-state index in [1.807, 2.05) is 20.0 Å². The van der Waals surface area contributed by atoms with Gasteiger partial charge in [-0.15, -0.1) is 0 Å². The zero-order valence-electron chi connectivity index (χ0n) is 10.5. The van der Waals surface area contributed by atoms with Crippen molar-refractivity contribution in [1.29, 1.82) is 0 Å². The molecule has 0 spiro atoms. The molecule has 0 unspecified atom stereocenters. The van der Waals surface area contributed by atoms with Crippen LogP contribution in [-0.2, 0) is 0 Å². The molecule has 0 amide bonds. The van der Waals surface area contributed by atoms with Gasteiger partial charge in [-0.2, -0.15) is 0 Å². The first-order valence-electron chi connectivity index (χ1n) is 6.04. The van der Waals surface area contributed by atoms with Gasteiger partial charge in [-0.1, -0.05) is 15.9 Å². The molecule has 2 heterocycles. The first kappa shape index (κ1) is 12.8. The van der Waals surface area contributed by atoms with Crippen molar-refractivity contribution < 1.29 is 0 Å². The van der Waals surface area contributed by atoms with Gasteiger partial charge in [-0.3, -0.25) is 9.88 Å². The van der Waals surface area contributed by atoms with E-state index in [1.54, 1.807) is 0 Å². The summed E-state index contributed by atoms with van der Waals surface area (Å²) in [5, 5.41) is 1.05. The van der Waals surface area contributed by atoms with E-state index in [1.165, 1.54) is 0 Å². The predicted octanol–water partition coefficient (Wildman–Crippen LogP) is 1.61. The number of piperazine rings is 1. The van der Waals surface area contributed by atoms with Crippen LogP contribution in [0, 0.1) is 13.8 Å². The fourth-order valence-corrected chi connectivity index (χ4v) is 2.50. The normalized spacial score (nSPS) is 17.5. The van der Waals surface area contributed by atoms with Crippen LogP contribution >= 0.6 is 15.9 Å². The molecule has 5 heteroatoms. The number of anilines is 1. The summed E-state index contributed by atoms with van der Waals surface area (Å²) >= 11 is 3.48. The van der Waals surface area contributed by atoms with Crippen LogP contribution in [0.5, 0.6) is 0 Å². The highest BCUT2D eigenvalue weighted by Gasteiger charge is 2.17. The van der Waals surface area contributed by atoms with Crippen molar-refractivity contribution in [3.8, 4) is 0 Å². The van der Waals surface area contributed by atoms with Gasteiger partial charge in [0.05, 0.1) is 17.6 Å². The van der Waals surface area contributed by atoms with Crippen LogP contribution in [0.3, 0.4) is 0 Å². The second-order valence-electron chi connectivity index (χ2n) is 4.42. The lowest BCUT2D eigenvalue weighted by Crippen LogP contribution is -2.47. The Kier molecular flexibility index (Phi) is 4.34. The molecule has 0 bridgehead atoms.